The third-order valence-corrected chi connectivity index (χ3v) is 5.81. The highest BCUT2D eigenvalue weighted by molar-refractivity contribution is 7.18. The number of hydrogen-bond acceptors (Lipinski definition) is 7. The third-order valence-electron chi connectivity index (χ3n) is 4.83. The first-order valence-electron chi connectivity index (χ1n) is 9.90. The second-order valence-corrected chi connectivity index (χ2v) is 7.81. The fourth-order valence-corrected chi connectivity index (χ4v) is 4.05. The number of anilines is 1. The summed E-state index contributed by atoms with van der Waals surface area (Å²) >= 11 is 1.16. The summed E-state index contributed by atoms with van der Waals surface area (Å²) in [4.78, 5) is 35.0. The number of carbonyl (C=O) groups is 2. The molecule has 0 saturated carbocycles. The molecule has 3 heterocycles. The second-order valence-electron chi connectivity index (χ2n) is 6.81. The number of aryl methyl sites for hydroxylation is 1. The Morgan fingerprint density at radius 2 is 2.13 bits per heavy atom. The smallest absolute Gasteiger partial charge is 0.259 e. The van der Waals surface area contributed by atoms with Crippen LogP contribution >= 0.6 is 11.3 Å². The molecule has 1 N–H and O–H groups in total. The van der Waals surface area contributed by atoms with Crippen LogP contribution in [0.3, 0.4) is 0 Å². The molecule has 1 atom stereocenters. The highest BCUT2D eigenvalue weighted by atomic mass is 32.1. The van der Waals surface area contributed by atoms with Crippen molar-refractivity contribution in [2.24, 2.45) is 5.92 Å². The molecule has 3 rings (SSSR count). The summed E-state index contributed by atoms with van der Waals surface area (Å²) in [5.41, 5.74) is 1.86. The predicted molar refractivity (Wildman–Crippen MR) is 116 cm³/mol. The molecule has 0 bridgehead atoms. The van der Waals surface area contributed by atoms with Crippen LogP contribution in [-0.2, 0) is 11.2 Å². The van der Waals surface area contributed by atoms with Gasteiger partial charge in [0.2, 0.25) is 0 Å². The Morgan fingerprint density at radius 1 is 1.30 bits per heavy atom. The zero-order chi connectivity index (χ0) is 21.5. The first kappa shape index (κ1) is 21.9. The van der Waals surface area contributed by atoms with E-state index < -0.39 is 0 Å². The van der Waals surface area contributed by atoms with Crippen molar-refractivity contribution < 1.29 is 18.7 Å². The molecule has 3 aromatic heterocycles. The fourth-order valence-electron chi connectivity index (χ4n) is 3.06. The zero-order valence-corrected chi connectivity index (χ0v) is 18.1. The van der Waals surface area contributed by atoms with Gasteiger partial charge in [0.05, 0.1) is 11.8 Å². The van der Waals surface area contributed by atoms with Crippen molar-refractivity contribution in [2.45, 2.75) is 33.1 Å². The summed E-state index contributed by atoms with van der Waals surface area (Å²) in [5.74, 6) is -0.0315. The van der Waals surface area contributed by atoms with Gasteiger partial charge in [0, 0.05) is 32.0 Å². The molecular weight excluding hydrogens is 402 g/mol. The van der Waals surface area contributed by atoms with E-state index in [9.17, 15) is 9.59 Å². The Balaban J connectivity index is 1.90. The summed E-state index contributed by atoms with van der Waals surface area (Å²) in [6.45, 7) is 4.48. The first-order chi connectivity index (χ1) is 14.6. The van der Waals surface area contributed by atoms with Crippen molar-refractivity contribution in [2.75, 3.05) is 19.0 Å². The van der Waals surface area contributed by atoms with Gasteiger partial charge in [-0.15, -0.1) is 0 Å². The van der Waals surface area contributed by atoms with E-state index in [0.29, 0.717) is 46.5 Å². The molecule has 30 heavy (non-hydrogen) atoms. The topological polar surface area (TPSA) is 94.3 Å². The van der Waals surface area contributed by atoms with E-state index in [1.807, 2.05) is 13.8 Å². The summed E-state index contributed by atoms with van der Waals surface area (Å²) in [7, 11) is 1.62. The van der Waals surface area contributed by atoms with Crippen LogP contribution in [0.4, 0.5) is 5.13 Å². The maximum absolute atomic E-state index is 13.2. The van der Waals surface area contributed by atoms with Crippen LogP contribution in [0.2, 0.25) is 0 Å². The maximum Gasteiger partial charge on any atom is 0.259 e. The molecule has 3 aromatic rings. The van der Waals surface area contributed by atoms with Crippen LogP contribution in [0.1, 0.15) is 52.3 Å². The average Bonchev–Trinajstić information content (AvgIpc) is 3.44. The van der Waals surface area contributed by atoms with Gasteiger partial charge in [0.1, 0.15) is 10.6 Å². The molecule has 1 unspecified atom stereocenters. The molecule has 0 radical (unpaired) electrons. The molecule has 0 aliphatic carbocycles. The number of Topliss-reactive ketones (excluding diaryl/α,β-unsaturated/α-hetero) is 1. The van der Waals surface area contributed by atoms with Crippen molar-refractivity contribution >= 4 is 28.2 Å². The fraction of sp³-hybridized carbons (Fsp3) is 0.364. The minimum absolute atomic E-state index is 0.0198. The Morgan fingerprint density at radius 3 is 2.80 bits per heavy atom. The quantitative estimate of drug-likeness (QED) is 0.465. The van der Waals surface area contributed by atoms with Gasteiger partial charge in [0.15, 0.2) is 16.7 Å². The van der Waals surface area contributed by atoms with Crippen LogP contribution in [0.25, 0.3) is 11.5 Å². The summed E-state index contributed by atoms with van der Waals surface area (Å²) < 4.78 is 10.6. The van der Waals surface area contributed by atoms with Gasteiger partial charge < -0.3 is 9.15 Å². The van der Waals surface area contributed by atoms with E-state index in [1.165, 1.54) is 12.5 Å². The lowest BCUT2D eigenvalue weighted by molar-refractivity contribution is 0.0879. The lowest BCUT2D eigenvalue weighted by Crippen LogP contribution is -2.15. The summed E-state index contributed by atoms with van der Waals surface area (Å²) in [5, 5.41) is 3.14. The van der Waals surface area contributed by atoms with Gasteiger partial charge in [0.25, 0.3) is 5.91 Å². The minimum atomic E-state index is -0.317. The van der Waals surface area contributed by atoms with E-state index >= 15 is 0 Å². The van der Waals surface area contributed by atoms with E-state index in [4.69, 9.17) is 9.15 Å². The molecule has 0 fully saturated rings. The molecule has 1 amide bonds. The van der Waals surface area contributed by atoms with Crippen molar-refractivity contribution in [1.29, 1.82) is 0 Å². The summed E-state index contributed by atoms with van der Waals surface area (Å²) in [6, 6.07) is 5.29. The number of aromatic nitrogens is 2. The Kier molecular flexibility index (Phi) is 7.48. The van der Waals surface area contributed by atoms with Crippen LogP contribution < -0.4 is 5.32 Å². The van der Waals surface area contributed by atoms with Crippen LogP contribution in [0.15, 0.2) is 41.3 Å². The maximum atomic E-state index is 13.2. The number of ketones is 1. The van der Waals surface area contributed by atoms with Crippen molar-refractivity contribution in [3.8, 4) is 11.5 Å². The SMILES string of the molecule is CCc1cncc(C(=O)Nc2nc(-c3ccco3)c(C(=O)C(CC)CCOC)s2)c1. The number of rotatable bonds is 10. The number of pyridine rings is 1. The monoisotopic (exact) mass is 427 g/mol. The third kappa shape index (κ3) is 5.01. The lowest BCUT2D eigenvalue weighted by atomic mass is 9.95. The minimum Gasteiger partial charge on any atom is -0.463 e. The van der Waals surface area contributed by atoms with E-state index in [-0.39, 0.29) is 17.6 Å². The van der Waals surface area contributed by atoms with Crippen molar-refractivity contribution in [1.82, 2.24) is 9.97 Å². The van der Waals surface area contributed by atoms with Crippen molar-refractivity contribution in [3.05, 3.63) is 52.9 Å². The van der Waals surface area contributed by atoms with Gasteiger partial charge in [-0.05, 0) is 43.0 Å². The Hall–Kier alpha value is -2.84. The molecule has 0 aromatic carbocycles. The number of furan rings is 1. The molecule has 158 valence electrons. The van der Waals surface area contributed by atoms with E-state index in [0.717, 1.165) is 23.3 Å². The van der Waals surface area contributed by atoms with Gasteiger partial charge in [-0.2, -0.15) is 0 Å². The molecule has 0 aliphatic heterocycles. The molecule has 0 spiro atoms. The van der Waals surface area contributed by atoms with E-state index in [1.54, 1.807) is 31.5 Å². The number of nitrogens with zero attached hydrogens (tertiary/aromatic N) is 2. The number of ether oxygens (including phenoxy) is 1. The van der Waals surface area contributed by atoms with Gasteiger partial charge in [-0.25, -0.2) is 4.98 Å². The first-order valence-corrected chi connectivity index (χ1v) is 10.7. The number of amides is 1. The van der Waals surface area contributed by atoms with Gasteiger partial charge >= 0.3 is 0 Å². The number of carbonyl (C=O) groups excluding carboxylic acids is 2. The predicted octanol–water partition coefficient (Wildman–Crippen LogP) is 4.86. The van der Waals surface area contributed by atoms with Gasteiger partial charge in [-0.1, -0.05) is 25.2 Å². The molecule has 0 saturated heterocycles. The molecule has 0 aliphatic rings. The van der Waals surface area contributed by atoms with Crippen LogP contribution in [0, 0.1) is 5.92 Å². The van der Waals surface area contributed by atoms with E-state index in [2.05, 4.69) is 15.3 Å². The Labute approximate surface area is 179 Å². The largest absolute Gasteiger partial charge is 0.463 e. The van der Waals surface area contributed by atoms with Crippen LogP contribution in [-0.4, -0.2) is 35.4 Å². The normalized spacial score (nSPS) is 12.0. The second kappa shape index (κ2) is 10.3. The highest BCUT2D eigenvalue weighted by Gasteiger charge is 2.27. The summed E-state index contributed by atoms with van der Waals surface area (Å²) in [6.07, 6.45) is 6.88. The Bertz CT molecular complexity index is 998. The molecule has 8 heteroatoms. The lowest BCUT2D eigenvalue weighted by Gasteiger charge is -2.12. The van der Waals surface area contributed by atoms with Gasteiger partial charge in [-0.3, -0.25) is 19.9 Å². The standard InChI is InChI=1S/C22H25N3O4S/c1-4-14-11-16(13-23-12-14)21(27)25-22-24-18(17-7-6-9-29-17)20(30-22)19(26)15(5-2)8-10-28-3/h6-7,9,11-13,15H,4-5,8,10H2,1-3H3,(H,24,25,27). The average molecular weight is 428 g/mol. The number of methoxy groups -OCH3 is 1. The molecular formula is C22H25N3O4S. The highest BCUT2D eigenvalue weighted by Crippen LogP contribution is 2.34. The number of thiazole rings is 1. The van der Waals surface area contributed by atoms with Crippen molar-refractivity contribution in [3.63, 3.8) is 0 Å². The number of nitrogens with one attached hydrogen (secondary N) is 1. The zero-order valence-electron chi connectivity index (χ0n) is 17.3. The van der Waals surface area contributed by atoms with Crippen LogP contribution in [0.5, 0.6) is 0 Å². The molecule has 7 nitrogen and oxygen atoms in total. The number of hydrogen-bond donors (Lipinski definition) is 1.